The third kappa shape index (κ3) is 3.01. The van der Waals surface area contributed by atoms with Crippen LogP contribution in [0.1, 0.15) is 26.2 Å². The molecular formula is C12H21BrN2O2. The zero-order chi connectivity index (χ0) is 12.4. The fourth-order valence-electron chi connectivity index (χ4n) is 2.47. The normalized spacial score (nSPS) is 33.8. The number of halogens is 1. The van der Waals surface area contributed by atoms with E-state index in [4.69, 9.17) is 4.74 Å². The predicted molar refractivity (Wildman–Crippen MR) is 70.0 cm³/mol. The number of carbonyl (C=O) groups is 1. The van der Waals surface area contributed by atoms with Crippen LogP contribution in [0.25, 0.3) is 0 Å². The minimum absolute atomic E-state index is 0.128. The van der Waals surface area contributed by atoms with Gasteiger partial charge in [0.2, 0.25) is 5.91 Å². The maximum absolute atomic E-state index is 12.2. The summed E-state index contributed by atoms with van der Waals surface area (Å²) in [6.45, 7) is 3.49. The number of hydrogen-bond donors (Lipinski definition) is 1. The molecule has 5 heteroatoms. The molecule has 0 spiro atoms. The summed E-state index contributed by atoms with van der Waals surface area (Å²) in [5.74, 6) is 0.929. The second-order valence-electron chi connectivity index (χ2n) is 5.04. The lowest BCUT2D eigenvalue weighted by molar-refractivity contribution is -0.136. The number of methoxy groups -OCH3 is 1. The van der Waals surface area contributed by atoms with E-state index in [1.807, 2.05) is 4.90 Å². The standard InChI is InChI=1S/C12H21BrN2O2/c1-8-7-14-11(9-3-4-9)12(13)15(8)10(16)5-6-17-2/h8-9,11-12,14H,3-7H2,1-2H3. The molecule has 1 N–H and O–H groups in total. The highest BCUT2D eigenvalue weighted by Crippen LogP contribution is 2.38. The number of piperazine rings is 1. The molecule has 3 atom stereocenters. The fraction of sp³-hybridized carbons (Fsp3) is 0.917. The number of nitrogens with one attached hydrogen (secondary N) is 1. The van der Waals surface area contributed by atoms with E-state index in [1.54, 1.807) is 7.11 Å². The van der Waals surface area contributed by atoms with Gasteiger partial charge in [-0.15, -0.1) is 0 Å². The Balaban J connectivity index is 1.98. The van der Waals surface area contributed by atoms with Crippen molar-refractivity contribution in [1.29, 1.82) is 0 Å². The van der Waals surface area contributed by atoms with E-state index in [2.05, 4.69) is 28.2 Å². The van der Waals surface area contributed by atoms with E-state index in [-0.39, 0.29) is 16.9 Å². The molecule has 17 heavy (non-hydrogen) atoms. The summed E-state index contributed by atoms with van der Waals surface area (Å²) >= 11 is 3.70. The van der Waals surface area contributed by atoms with Crippen molar-refractivity contribution in [1.82, 2.24) is 10.2 Å². The van der Waals surface area contributed by atoms with Crippen LogP contribution in [0.3, 0.4) is 0 Å². The number of hydrogen-bond acceptors (Lipinski definition) is 3. The van der Waals surface area contributed by atoms with Crippen LogP contribution in [0.2, 0.25) is 0 Å². The van der Waals surface area contributed by atoms with Crippen molar-refractivity contribution in [3.63, 3.8) is 0 Å². The molecule has 3 unspecified atom stereocenters. The Kier molecular flexibility index (Phi) is 4.44. The van der Waals surface area contributed by atoms with Crippen LogP contribution in [0.5, 0.6) is 0 Å². The molecular weight excluding hydrogens is 284 g/mol. The summed E-state index contributed by atoms with van der Waals surface area (Å²) in [6.07, 6.45) is 3.04. The van der Waals surface area contributed by atoms with Crippen LogP contribution in [-0.4, -0.2) is 48.1 Å². The van der Waals surface area contributed by atoms with E-state index in [9.17, 15) is 4.79 Å². The average Bonchev–Trinajstić information content (AvgIpc) is 3.10. The smallest absolute Gasteiger partial charge is 0.226 e. The number of nitrogens with zero attached hydrogens (tertiary/aromatic N) is 1. The Morgan fingerprint density at radius 3 is 2.82 bits per heavy atom. The van der Waals surface area contributed by atoms with Gasteiger partial charge in [0.1, 0.15) is 4.95 Å². The number of alkyl halides is 1. The van der Waals surface area contributed by atoms with E-state index in [1.165, 1.54) is 12.8 Å². The van der Waals surface area contributed by atoms with Gasteiger partial charge in [-0.25, -0.2) is 0 Å². The van der Waals surface area contributed by atoms with E-state index < -0.39 is 0 Å². The van der Waals surface area contributed by atoms with Crippen molar-refractivity contribution in [3.05, 3.63) is 0 Å². The Labute approximate surface area is 111 Å². The third-order valence-corrected chi connectivity index (χ3v) is 4.63. The first kappa shape index (κ1) is 13.3. The van der Waals surface area contributed by atoms with Gasteiger partial charge in [0.25, 0.3) is 0 Å². The van der Waals surface area contributed by atoms with E-state index in [0.717, 1.165) is 12.5 Å². The summed E-state index contributed by atoms with van der Waals surface area (Å²) in [4.78, 5) is 14.3. The van der Waals surface area contributed by atoms with Gasteiger partial charge in [-0.2, -0.15) is 0 Å². The monoisotopic (exact) mass is 304 g/mol. The van der Waals surface area contributed by atoms with Crippen LogP contribution in [0, 0.1) is 5.92 Å². The number of amides is 1. The summed E-state index contributed by atoms with van der Waals surface area (Å²) in [5.41, 5.74) is 0. The predicted octanol–water partition coefficient (Wildman–Crippen LogP) is 1.34. The molecule has 2 fully saturated rings. The lowest BCUT2D eigenvalue weighted by Gasteiger charge is -2.43. The first-order valence-corrected chi connectivity index (χ1v) is 7.24. The van der Waals surface area contributed by atoms with Crippen LogP contribution < -0.4 is 5.32 Å². The van der Waals surface area contributed by atoms with Crippen molar-refractivity contribution >= 4 is 21.8 Å². The van der Waals surface area contributed by atoms with Crippen LogP contribution in [0.15, 0.2) is 0 Å². The SMILES string of the molecule is COCCC(=O)N1C(C)CNC(C2CC2)C1Br. The minimum Gasteiger partial charge on any atom is -0.384 e. The van der Waals surface area contributed by atoms with Gasteiger partial charge in [0.05, 0.1) is 13.0 Å². The molecule has 0 aromatic carbocycles. The van der Waals surface area contributed by atoms with Crippen molar-refractivity contribution in [2.45, 2.75) is 43.2 Å². The fourth-order valence-corrected chi connectivity index (χ4v) is 3.72. The van der Waals surface area contributed by atoms with Crippen LogP contribution >= 0.6 is 15.9 Å². The number of rotatable bonds is 4. The largest absolute Gasteiger partial charge is 0.384 e. The summed E-state index contributed by atoms with van der Waals surface area (Å²) < 4.78 is 4.98. The highest BCUT2D eigenvalue weighted by Gasteiger charge is 2.43. The third-order valence-electron chi connectivity index (χ3n) is 3.62. The molecule has 2 rings (SSSR count). The molecule has 98 valence electrons. The Morgan fingerprint density at radius 2 is 2.24 bits per heavy atom. The lowest BCUT2D eigenvalue weighted by atomic mass is 10.1. The Bertz CT molecular complexity index is 284. The minimum atomic E-state index is 0.128. The van der Waals surface area contributed by atoms with Gasteiger partial charge < -0.3 is 15.0 Å². The Hall–Kier alpha value is -0.130. The summed E-state index contributed by atoms with van der Waals surface area (Å²) in [5, 5.41) is 3.55. The molecule has 1 heterocycles. The molecule has 1 amide bonds. The number of ether oxygens (including phenoxy) is 1. The molecule has 0 radical (unpaired) electrons. The molecule has 0 bridgehead atoms. The molecule has 1 saturated heterocycles. The maximum atomic E-state index is 12.2. The van der Waals surface area contributed by atoms with Gasteiger partial charge >= 0.3 is 0 Å². The summed E-state index contributed by atoms with van der Waals surface area (Å²) in [7, 11) is 1.63. The van der Waals surface area contributed by atoms with Gasteiger partial charge in [0.15, 0.2) is 0 Å². The second-order valence-corrected chi connectivity index (χ2v) is 5.98. The Morgan fingerprint density at radius 1 is 1.53 bits per heavy atom. The molecule has 4 nitrogen and oxygen atoms in total. The van der Waals surface area contributed by atoms with Crippen molar-refractivity contribution in [2.75, 3.05) is 20.3 Å². The highest BCUT2D eigenvalue weighted by molar-refractivity contribution is 9.09. The molecule has 0 aromatic rings. The molecule has 1 aliphatic heterocycles. The zero-order valence-electron chi connectivity index (χ0n) is 10.5. The van der Waals surface area contributed by atoms with E-state index >= 15 is 0 Å². The van der Waals surface area contributed by atoms with Crippen LogP contribution in [-0.2, 0) is 9.53 Å². The molecule has 2 aliphatic rings. The zero-order valence-corrected chi connectivity index (χ0v) is 12.1. The van der Waals surface area contributed by atoms with Crippen LogP contribution in [0.4, 0.5) is 0 Å². The molecule has 1 saturated carbocycles. The quantitative estimate of drug-likeness (QED) is 0.629. The van der Waals surface area contributed by atoms with Gasteiger partial charge in [-0.05, 0) is 25.7 Å². The highest BCUT2D eigenvalue weighted by atomic mass is 79.9. The molecule has 0 aromatic heterocycles. The summed E-state index contributed by atoms with van der Waals surface area (Å²) in [6, 6.07) is 0.663. The first-order valence-electron chi connectivity index (χ1n) is 6.32. The first-order chi connectivity index (χ1) is 8.15. The second kappa shape index (κ2) is 5.67. The van der Waals surface area contributed by atoms with Gasteiger partial charge in [-0.1, -0.05) is 15.9 Å². The maximum Gasteiger partial charge on any atom is 0.226 e. The molecule has 1 aliphatic carbocycles. The number of carbonyl (C=O) groups excluding carboxylic acids is 1. The van der Waals surface area contributed by atoms with E-state index in [0.29, 0.717) is 19.1 Å². The van der Waals surface area contributed by atoms with Gasteiger partial charge in [0, 0.05) is 25.7 Å². The van der Waals surface area contributed by atoms with Crippen molar-refractivity contribution in [2.24, 2.45) is 5.92 Å². The van der Waals surface area contributed by atoms with Gasteiger partial charge in [-0.3, -0.25) is 4.79 Å². The average molecular weight is 305 g/mol. The topological polar surface area (TPSA) is 41.6 Å². The van der Waals surface area contributed by atoms with Crippen molar-refractivity contribution in [3.8, 4) is 0 Å². The lowest BCUT2D eigenvalue weighted by Crippen LogP contribution is -2.62. The van der Waals surface area contributed by atoms with Crippen molar-refractivity contribution < 1.29 is 9.53 Å².